The Morgan fingerprint density at radius 2 is 1.86 bits per heavy atom. The Kier molecular flexibility index (Phi) is 5.98. The largest absolute Gasteiger partial charge is 0.497 e. The van der Waals surface area contributed by atoms with Gasteiger partial charge in [0.2, 0.25) is 0 Å². The van der Waals surface area contributed by atoms with Crippen LogP contribution in [0, 0.1) is 0 Å². The summed E-state index contributed by atoms with van der Waals surface area (Å²) in [4.78, 5) is 2.02. The molecule has 0 aliphatic rings. The maximum absolute atomic E-state index is 5.51. The third-order valence-electron chi connectivity index (χ3n) is 3.23. The Morgan fingerprint density at radius 1 is 1.18 bits per heavy atom. The van der Waals surface area contributed by atoms with Gasteiger partial charge < -0.3 is 15.0 Å². The van der Waals surface area contributed by atoms with Crippen molar-refractivity contribution in [2.75, 3.05) is 18.6 Å². The molecule has 0 saturated heterocycles. The molecule has 4 heteroatoms. The highest BCUT2D eigenvalue weighted by atomic mass is 32.1. The Morgan fingerprint density at radius 3 is 2.45 bits per heavy atom. The average Bonchev–Trinajstić information content (AvgIpc) is 2.58. The predicted octanol–water partition coefficient (Wildman–Crippen LogP) is 3.76. The zero-order valence-electron chi connectivity index (χ0n) is 12.7. The molecule has 22 heavy (non-hydrogen) atoms. The zero-order valence-corrected chi connectivity index (χ0v) is 13.5. The lowest BCUT2D eigenvalue weighted by molar-refractivity contribution is 0.414. The monoisotopic (exact) mass is 312 g/mol. The number of nitrogens with zero attached hydrogens (tertiary/aromatic N) is 1. The number of hydrogen-bond acceptors (Lipinski definition) is 2. The standard InChI is InChI=1S/C18H20N2OS/c1-3-13-20(16-7-5-4-6-8-16)18(22)19-14-15-9-11-17(21-2)12-10-15/h3-12H,1,13-14H2,2H3,(H,19,22). The molecule has 0 atom stereocenters. The van der Waals surface area contributed by atoms with Gasteiger partial charge in [-0.15, -0.1) is 6.58 Å². The molecule has 0 aliphatic heterocycles. The summed E-state index contributed by atoms with van der Waals surface area (Å²) >= 11 is 5.51. The first-order valence-corrected chi connectivity index (χ1v) is 7.49. The molecule has 0 saturated carbocycles. The van der Waals surface area contributed by atoms with E-state index in [-0.39, 0.29) is 0 Å². The van der Waals surface area contributed by atoms with Gasteiger partial charge in [0.1, 0.15) is 5.75 Å². The van der Waals surface area contributed by atoms with E-state index in [4.69, 9.17) is 17.0 Å². The summed E-state index contributed by atoms with van der Waals surface area (Å²) in [5.41, 5.74) is 2.20. The van der Waals surface area contributed by atoms with Gasteiger partial charge in [0.05, 0.1) is 7.11 Å². The fourth-order valence-corrected chi connectivity index (χ4v) is 2.31. The summed E-state index contributed by atoms with van der Waals surface area (Å²) in [5.74, 6) is 0.851. The van der Waals surface area contributed by atoms with Gasteiger partial charge >= 0.3 is 0 Å². The van der Waals surface area contributed by atoms with Gasteiger partial charge in [-0.25, -0.2) is 0 Å². The molecule has 2 aromatic rings. The van der Waals surface area contributed by atoms with Crippen molar-refractivity contribution < 1.29 is 4.74 Å². The van der Waals surface area contributed by atoms with Gasteiger partial charge in [-0.1, -0.05) is 36.4 Å². The third kappa shape index (κ3) is 4.33. The molecule has 2 aromatic carbocycles. The van der Waals surface area contributed by atoms with Crippen molar-refractivity contribution in [1.29, 1.82) is 0 Å². The first-order valence-electron chi connectivity index (χ1n) is 7.09. The Bertz CT molecular complexity index is 611. The van der Waals surface area contributed by atoms with Crippen molar-refractivity contribution in [2.45, 2.75) is 6.54 Å². The van der Waals surface area contributed by atoms with Gasteiger partial charge in [0.25, 0.3) is 0 Å². The van der Waals surface area contributed by atoms with Gasteiger partial charge in [-0.3, -0.25) is 0 Å². The number of methoxy groups -OCH3 is 1. The summed E-state index contributed by atoms with van der Waals surface area (Å²) in [5, 5.41) is 3.97. The number of hydrogen-bond donors (Lipinski definition) is 1. The van der Waals surface area contributed by atoms with E-state index in [9.17, 15) is 0 Å². The van der Waals surface area contributed by atoms with Crippen LogP contribution in [-0.2, 0) is 6.54 Å². The maximum Gasteiger partial charge on any atom is 0.174 e. The van der Waals surface area contributed by atoms with Gasteiger partial charge in [-0.2, -0.15) is 0 Å². The van der Waals surface area contributed by atoms with Crippen LogP contribution in [0.2, 0.25) is 0 Å². The molecule has 0 fully saturated rings. The molecule has 0 amide bonds. The molecule has 0 unspecified atom stereocenters. The van der Waals surface area contributed by atoms with Crippen LogP contribution in [0.25, 0.3) is 0 Å². The van der Waals surface area contributed by atoms with Crippen LogP contribution in [-0.4, -0.2) is 18.8 Å². The van der Waals surface area contributed by atoms with E-state index in [2.05, 4.69) is 11.9 Å². The van der Waals surface area contributed by atoms with Crippen LogP contribution in [0.1, 0.15) is 5.56 Å². The second-order valence-corrected chi connectivity index (χ2v) is 5.13. The Balaban J connectivity index is 2.00. The molecule has 0 bridgehead atoms. The van der Waals surface area contributed by atoms with E-state index in [1.807, 2.05) is 65.6 Å². The van der Waals surface area contributed by atoms with Crippen LogP contribution in [0.5, 0.6) is 5.75 Å². The van der Waals surface area contributed by atoms with Crippen molar-refractivity contribution >= 4 is 23.0 Å². The minimum atomic E-state index is 0.665. The highest BCUT2D eigenvalue weighted by molar-refractivity contribution is 7.80. The predicted molar refractivity (Wildman–Crippen MR) is 96.4 cm³/mol. The fourth-order valence-electron chi connectivity index (χ4n) is 2.06. The third-order valence-corrected chi connectivity index (χ3v) is 3.59. The van der Waals surface area contributed by atoms with Crippen molar-refractivity contribution in [3.8, 4) is 5.75 Å². The van der Waals surface area contributed by atoms with Crippen molar-refractivity contribution in [3.63, 3.8) is 0 Å². The number of benzene rings is 2. The molecule has 114 valence electrons. The smallest absolute Gasteiger partial charge is 0.174 e. The van der Waals surface area contributed by atoms with E-state index in [1.165, 1.54) is 0 Å². The molecule has 1 N–H and O–H groups in total. The molecule has 0 radical (unpaired) electrons. The second kappa shape index (κ2) is 8.20. The van der Waals surface area contributed by atoms with Gasteiger partial charge in [-0.05, 0) is 42.0 Å². The number of rotatable bonds is 6. The molecule has 2 rings (SSSR count). The minimum absolute atomic E-state index is 0.665. The first-order chi connectivity index (χ1) is 10.7. The molecule has 0 aliphatic carbocycles. The van der Waals surface area contributed by atoms with Crippen molar-refractivity contribution in [1.82, 2.24) is 5.32 Å². The van der Waals surface area contributed by atoms with Gasteiger partial charge in [0.15, 0.2) is 5.11 Å². The number of anilines is 1. The van der Waals surface area contributed by atoms with Crippen molar-refractivity contribution in [2.24, 2.45) is 0 Å². The maximum atomic E-state index is 5.51. The van der Waals surface area contributed by atoms with Crippen LogP contribution < -0.4 is 15.0 Å². The van der Waals surface area contributed by atoms with Crippen LogP contribution >= 0.6 is 12.2 Å². The van der Waals surface area contributed by atoms with Gasteiger partial charge in [0, 0.05) is 18.8 Å². The minimum Gasteiger partial charge on any atom is -0.497 e. The summed E-state index contributed by atoms with van der Waals surface area (Å²) in [7, 11) is 1.66. The molecular weight excluding hydrogens is 292 g/mol. The molecule has 0 aromatic heterocycles. The summed E-state index contributed by atoms with van der Waals surface area (Å²) in [6.07, 6.45) is 1.84. The van der Waals surface area contributed by atoms with Crippen LogP contribution in [0.3, 0.4) is 0 Å². The lowest BCUT2D eigenvalue weighted by atomic mass is 10.2. The number of thiocarbonyl (C=S) groups is 1. The Hall–Kier alpha value is -2.33. The van der Waals surface area contributed by atoms with E-state index in [0.717, 1.165) is 17.0 Å². The number of ether oxygens (including phenoxy) is 1. The van der Waals surface area contributed by atoms with E-state index >= 15 is 0 Å². The SMILES string of the molecule is C=CCN(C(=S)NCc1ccc(OC)cc1)c1ccccc1. The fraction of sp³-hybridized carbons (Fsp3) is 0.167. The van der Waals surface area contributed by atoms with E-state index in [0.29, 0.717) is 18.2 Å². The molecular formula is C18H20N2OS. The summed E-state index contributed by atoms with van der Waals surface area (Å²) in [6, 6.07) is 18.0. The summed E-state index contributed by atoms with van der Waals surface area (Å²) < 4.78 is 5.16. The number of nitrogens with one attached hydrogen (secondary N) is 1. The van der Waals surface area contributed by atoms with E-state index in [1.54, 1.807) is 7.11 Å². The molecule has 3 nitrogen and oxygen atoms in total. The lowest BCUT2D eigenvalue weighted by Gasteiger charge is -2.24. The normalized spacial score (nSPS) is 9.86. The molecule has 0 heterocycles. The first kappa shape index (κ1) is 16.0. The zero-order chi connectivity index (χ0) is 15.8. The molecule has 0 spiro atoms. The van der Waals surface area contributed by atoms with Crippen LogP contribution in [0.4, 0.5) is 5.69 Å². The van der Waals surface area contributed by atoms with E-state index < -0.39 is 0 Å². The average molecular weight is 312 g/mol. The highest BCUT2D eigenvalue weighted by Crippen LogP contribution is 2.14. The van der Waals surface area contributed by atoms with Crippen LogP contribution in [0.15, 0.2) is 67.3 Å². The summed E-state index contributed by atoms with van der Waals surface area (Å²) in [6.45, 7) is 5.14. The number of para-hydroxylation sites is 1. The lowest BCUT2D eigenvalue weighted by Crippen LogP contribution is -2.39. The highest BCUT2D eigenvalue weighted by Gasteiger charge is 2.09. The van der Waals surface area contributed by atoms with Crippen molar-refractivity contribution in [3.05, 3.63) is 72.8 Å². The quantitative estimate of drug-likeness (QED) is 0.648. The topological polar surface area (TPSA) is 24.5 Å². The second-order valence-electron chi connectivity index (χ2n) is 4.74. The Labute approximate surface area is 137 Å².